The molecule has 0 saturated carbocycles. The SMILES string of the molecule is COc1ccc(C(C)(C)C)cc1CN(C)CCCN. The summed E-state index contributed by atoms with van der Waals surface area (Å²) in [4.78, 5) is 2.29. The van der Waals surface area contributed by atoms with Gasteiger partial charge in [-0.25, -0.2) is 0 Å². The zero-order valence-electron chi connectivity index (χ0n) is 13.0. The van der Waals surface area contributed by atoms with Crippen LogP contribution in [0.15, 0.2) is 18.2 Å². The van der Waals surface area contributed by atoms with Crippen LogP contribution in [0.25, 0.3) is 0 Å². The standard InChI is InChI=1S/C16H28N2O/c1-16(2,3)14-7-8-15(19-5)13(11-14)12-18(4)10-6-9-17/h7-8,11H,6,9-10,12,17H2,1-5H3. The first kappa shape index (κ1) is 16.0. The fourth-order valence-electron chi connectivity index (χ4n) is 2.10. The van der Waals surface area contributed by atoms with Gasteiger partial charge in [-0.15, -0.1) is 0 Å². The Morgan fingerprint density at radius 3 is 2.47 bits per heavy atom. The van der Waals surface area contributed by atoms with Crippen LogP contribution >= 0.6 is 0 Å². The van der Waals surface area contributed by atoms with E-state index in [0.29, 0.717) is 0 Å². The molecule has 0 aromatic heterocycles. The third-order valence-electron chi connectivity index (χ3n) is 3.33. The Balaban J connectivity index is 2.90. The second-order valence-corrected chi connectivity index (χ2v) is 6.16. The molecule has 0 aliphatic heterocycles. The molecule has 0 aliphatic rings. The number of benzene rings is 1. The van der Waals surface area contributed by atoms with Crippen molar-refractivity contribution < 1.29 is 4.74 Å². The summed E-state index contributed by atoms with van der Waals surface area (Å²) in [5.74, 6) is 0.965. The highest BCUT2D eigenvalue weighted by molar-refractivity contribution is 5.39. The highest BCUT2D eigenvalue weighted by Crippen LogP contribution is 2.28. The first-order valence-corrected chi connectivity index (χ1v) is 6.94. The quantitative estimate of drug-likeness (QED) is 0.858. The summed E-state index contributed by atoms with van der Waals surface area (Å²) in [6.07, 6.45) is 1.03. The summed E-state index contributed by atoms with van der Waals surface area (Å²) in [7, 11) is 3.86. The van der Waals surface area contributed by atoms with Crippen LogP contribution in [0.5, 0.6) is 5.75 Å². The molecule has 0 aliphatic carbocycles. The van der Waals surface area contributed by atoms with Crippen LogP contribution in [0.3, 0.4) is 0 Å². The number of methoxy groups -OCH3 is 1. The van der Waals surface area contributed by atoms with Crippen LogP contribution in [-0.4, -0.2) is 32.1 Å². The Hall–Kier alpha value is -1.06. The first-order valence-electron chi connectivity index (χ1n) is 6.94. The average molecular weight is 264 g/mol. The van der Waals surface area contributed by atoms with Crippen molar-refractivity contribution in [3.05, 3.63) is 29.3 Å². The van der Waals surface area contributed by atoms with Crippen molar-refractivity contribution in [2.45, 2.75) is 39.2 Å². The van der Waals surface area contributed by atoms with E-state index in [1.54, 1.807) is 7.11 Å². The average Bonchev–Trinajstić information content (AvgIpc) is 2.35. The number of hydrogen-bond acceptors (Lipinski definition) is 3. The molecule has 3 nitrogen and oxygen atoms in total. The van der Waals surface area contributed by atoms with Gasteiger partial charge in [0.25, 0.3) is 0 Å². The summed E-state index contributed by atoms with van der Waals surface area (Å²) in [6, 6.07) is 6.49. The lowest BCUT2D eigenvalue weighted by Crippen LogP contribution is -2.22. The molecule has 0 saturated heterocycles. The van der Waals surface area contributed by atoms with Crippen molar-refractivity contribution >= 4 is 0 Å². The Labute approximate surface area is 117 Å². The van der Waals surface area contributed by atoms with E-state index in [9.17, 15) is 0 Å². The zero-order valence-corrected chi connectivity index (χ0v) is 13.0. The number of nitrogens with zero attached hydrogens (tertiary/aromatic N) is 1. The summed E-state index contributed by atoms with van der Waals surface area (Å²) in [5, 5.41) is 0. The van der Waals surface area contributed by atoms with Gasteiger partial charge in [-0.1, -0.05) is 32.9 Å². The van der Waals surface area contributed by atoms with Crippen molar-refractivity contribution in [3.63, 3.8) is 0 Å². The number of rotatable bonds is 6. The van der Waals surface area contributed by atoms with Gasteiger partial charge in [0.2, 0.25) is 0 Å². The second-order valence-electron chi connectivity index (χ2n) is 6.16. The van der Waals surface area contributed by atoms with Gasteiger partial charge < -0.3 is 15.4 Å². The minimum Gasteiger partial charge on any atom is -0.496 e. The Morgan fingerprint density at radius 1 is 1.26 bits per heavy atom. The van der Waals surface area contributed by atoms with Crippen LogP contribution in [0.2, 0.25) is 0 Å². The minimum atomic E-state index is 0.164. The lowest BCUT2D eigenvalue weighted by molar-refractivity contribution is 0.314. The molecular formula is C16H28N2O. The predicted molar refractivity (Wildman–Crippen MR) is 81.7 cm³/mol. The molecule has 0 heterocycles. The van der Waals surface area contributed by atoms with Gasteiger partial charge in [0.15, 0.2) is 0 Å². The first-order chi connectivity index (χ1) is 8.88. The monoisotopic (exact) mass is 264 g/mol. The Morgan fingerprint density at radius 2 is 1.95 bits per heavy atom. The molecule has 1 aromatic carbocycles. The highest BCUT2D eigenvalue weighted by Gasteiger charge is 2.16. The van der Waals surface area contributed by atoms with Crippen molar-refractivity contribution in [1.29, 1.82) is 0 Å². The van der Waals surface area contributed by atoms with E-state index < -0.39 is 0 Å². The maximum atomic E-state index is 5.56. The van der Waals surface area contributed by atoms with Gasteiger partial charge in [-0.2, -0.15) is 0 Å². The molecule has 0 unspecified atom stereocenters. The van der Waals surface area contributed by atoms with Gasteiger partial charge in [0.05, 0.1) is 7.11 Å². The fourth-order valence-corrected chi connectivity index (χ4v) is 2.10. The molecule has 1 rings (SSSR count). The van der Waals surface area contributed by atoms with Crippen LogP contribution in [0.1, 0.15) is 38.3 Å². The summed E-state index contributed by atoms with van der Waals surface area (Å²) >= 11 is 0. The van der Waals surface area contributed by atoms with Crippen molar-refractivity contribution in [2.75, 3.05) is 27.2 Å². The maximum absolute atomic E-state index is 5.56. The van der Waals surface area contributed by atoms with Gasteiger partial charge in [-0.05, 0) is 43.6 Å². The predicted octanol–water partition coefficient (Wildman–Crippen LogP) is 2.77. The summed E-state index contributed by atoms with van der Waals surface area (Å²) in [6.45, 7) is 9.35. The van der Waals surface area contributed by atoms with E-state index in [4.69, 9.17) is 10.5 Å². The normalized spacial score (nSPS) is 11.9. The van der Waals surface area contributed by atoms with E-state index in [1.165, 1.54) is 11.1 Å². The lowest BCUT2D eigenvalue weighted by atomic mass is 9.86. The molecule has 0 atom stereocenters. The van der Waals surface area contributed by atoms with Gasteiger partial charge in [0.1, 0.15) is 5.75 Å². The lowest BCUT2D eigenvalue weighted by Gasteiger charge is -2.23. The van der Waals surface area contributed by atoms with Gasteiger partial charge >= 0.3 is 0 Å². The van der Waals surface area contributed by atoms with Crippen molar-refractivity contribution in [3.8, 4) is 5.75 Å². The molecule has 0 bridgehead atoms. The van der Waals surface area contributed by atoms with E-state index >= 15 is 0 Å². The minimum absolute atomic E-state index is 0.164. The molecular weight excluding hydrogens is 236 g/mol. The van der Waals surface area contributed by atoms with Crippen LogP contribution in [-0.2, 0) is 12.0 Å². The Bertz CT molecular complexity index is 396. The van der Waals surface area contributed by atoms with Gasteiger partial charge in [0, 0.05) is 12.1 Å². The van der Waals surface area contributed by atoms with E-state index in [-0.39, 0.29) is 5.41 Å². The number of ether oxygens (including phenoxy) is 1. The second kappa shape index (κ2) is 6.92. The molecule has 108 valence electrons. The molecule has 3 heteroatoms. The number of nitrogens with two attached hydrogens (primary N) is 1. The molecule has 1 aromatic rings. The summed E-state index contributed by atoms with van der Waals surface area (Å²) < 4.78 is 5.47. The fraction of sp³-hybridized carbons (Fsp3) is 0.625. The Kier molecular flexibility index (Phi) is 5.83. The third-order valence-corrected chi connectivity index (χ3v) is 3.33. The van der Waals surface area contributed by atoms with Crippen molar-refractivity contribution in [1.82, 2.24) is 4.90 Å². The smallest absolute Gasteiger partial charge is 0.123 e. The molecule has 0 radical (unpaired) electrons. The molecule has 2 N–H and O–H groups in total. The van der Waals surface area contributed by atoms with Crippen LogP contribution in [0, 0.1) is 0 Å². The topological polar surface area (TPSA) is 38.5 Å². The zero-order chi connectivity index (χ0) is 14.5. The summed E-state index contributed by atoms with van der Waals surface area (Å²) in [5.41, 5.74) is 8.31. The van der Waals surface area contributed by atoms with Crippen LogP contribution in [0.4, 0.5) is 0 Å². The third kappa shape index (κ3) is 4.84. The van der Waals surface area contributed by atoms with Crippen LogP contribution < -0.4 is 10.5 Å². The van der Waals surface area contributed by atoms with Gasteiger partial charge in [-0.3, -0.25) is 0 Å². The molecule has 19 heavy (non-hydrogen) atoms. The molecule has 0 spiro atoms. The van der Waals surface area contributed by atoms with E-state index in [1.807, 2.05) is 0 Å². The largest absolute Gasteiger partial charge is 0.496 e. The van der Waals surface area contributed by atoms with E-state index in [0.717, 1.165) is 31.8 Å². The maximum Gasteiger partial charge on any atom is 0.123 e. The van der Waals surface area contributed by atoms with Crippen molar-refractivity contribution in [2.24, 2.45) is 5.73 Å². The highest BCUT2D eigenvalue weighted by atomic mass is 16.5. The molecule has 0 amide bonds. The molecule has 0 fully saturated rings. The van der Waals surface area contributed by atoms with E-state index in [2.05, 4.69) is 50.9 Å². The number of hydrogen-bond donors (Lipinski definition) is 1.